The molecule has 0 spiro atoms. The quantitative estimate of drug-likeness (QED) is 0.941. The minimum atomic E-state index is 0.587. The molecule has 2 N–H and O–H groups in total. The fraction of sp³-hybridized carbons (Fsp3) is 0.417. The third-order valence-corrected chi connectivity index (χ3v) is 4.08. The third kappa shape index (κ3) is 2.77. The Balaban J connectivity index is 2.38. The number of hydrogen-bond donors (Lipinski definition) is 1. The molecule has 0 fully saturated rings. The van der Waals surface area contributed by atoms with Gasteiger partial charge < -0.3 is 10.3 Å². The molecule has 0 saturated heterocycles. The molecule has 17 heavy (non-hydrogen) atoms. The second kappa shape index (κ2) is 5.31. The zero-order chi connectivity index (χ0) is 12.4. The van der Waals surface area contributed by atoms with Crippen LogP contribution in [0, 0.1) is 5.92 Å². The lowest BCUT2D eigenvalue weighted by Gasteiger charge is -2.12. The lowest BCUT2D eigenvalue weighted by molar-refractivity contribution is 0.546. The highest BCUT2D eigenvalue weighted by molar-refractivity contribution is 9.10. The third-order valence-electron chi connectivity index (χ3n) is 2.69. The number of rotatable bonds is 4. The molecule has 3 nitrogen and oxygen atoms in total. The van der Waals surface area contributed by atoms with Crippen LogP contribution in [0.3, 0.4) is 0 Å². The highest BCUT2D eigenvalue weighted by atomic mass is 79.9. The van der Waals surface area contributed by atoms with Gasteiger partial charge in [0.15, 0.2) is 0 Å². The van der Waals surface area contributed by atoms with E-state index in [1.807, 2.05) is 23.9 Å². The predicted octanol–water partition coefficient (Wildman–Crippen LogP) is 3.38. The Hall–Kier alpha value is -0.680. The Morgan fingerprint density at radius 3 is 3.00 bits per heavy atom. The predicted molar refractivity (Wildman–Crippen MR) is 79.4 cm³/mol. The van der Waals surface area contributed by atoms with Crippen molar-refractivity contribution in [2.45, 2.75) is 13.5 Å². The van der Waals surface area contributed by atoms with Gasteiger partial charge in [0, 0.05) is 11.0 Å². The number of aromatic nitrogens is 2. The molecule has 0 radical (unpaired) electrons. The summed E-state index contributed by atoms with van der Waals surface area (Å²) < 4.78 is 3.16. The molecular weight excluding hydrogens is 298 g/mol. The number of imidazole rings is 1. The van der Waals surface area contributed by atoms with Crippen LogP contribution in [0.1, 0.15) is 6.92 Å². The SMILES string of the molecule is CSCC(C)Cn1c(N)nc2ccc(Br)cc21. The fourth-order valence-corrected chi connectivity index (χ4v) is 2.98. The molecule has 1 unspecified atom stereocenters. The molecule has 0 aliphatic heterocycles. The van der Waals surface area contributed by atoms with Crippen molar-refractivity contribution in [1.29, 1.82) is 0 Å². The first-order valence-corrected chi connectivity index (χ1v) is 7.70. The Morgan fingerprint density at radius 1 is 1.53 bits per heavy atom. The van der Waals surface area contributed by atoms with E-state index in [0.717, 1.165) is 27.8 Å². The first-order valence-electron chi connectivity index (χ1n) is 5.52. The number of halogens is 1. The number of hydrogen-bond acceptors (Lipinski definition) is 3. The lowest BCUT2D eigenvalue weighted by Crippen LogP contribution is -2.12. The van der Waals surface area contributed by atoms with Crippen molar-refractivity contribution >= 4 is 44.7 Å². The number of nitrogen functional groups attached to an aromatic ring is 1. The standard InChI is InChI=1S/C12H16BrN3S/c1-8(7-17-2)6-16-11-5-9(13)3-4-10(11)15-12(16)14/h3-5,8H,6-7H2,1-2H3,(H2,14,15). The molecular formula is C12H16BrN3S. The van der Waals surface area contributed by atoms with Gasteiger partial charge in [-0.1, -0.05) is 22.9 Å². The summed E-state index contributed by atoms with van der Waals surface area (Å²) in [6.45, 7) is 3.15. The molecule has 2 rings (SSSR count). The van der Waals surface area contributed by atoms with E-state index in [1.165, 1.54) is 0 Å². The van der Waals surface area contributed by atoms with Crippen molar-refractivity contribution in [3.63, 3.8) is 0 Å². The average Bonchev–Trinajstić information content (AvgIpc) is 2.56. The average molecular weight is 314 g/mol. The van der Waals surface area contributed by atoms with Crippen LogP contribution < -0.4 is 5.73 Å². The molecule has 1 aromatic carbocycles. The highest BCUT2D eigenvalue weighted by Gasteiger charge is 2.11. The van der Waals surface area contributed by atoms with Crippen molar-refractivity contribution in [2.75, 3.05) is 17.7 Å². The molecule has 92 valence electrons. The summed E-state index contributed by atoms with van der Waals surface area (Å²) in [6.07, 6.45) is 2.13. The van der Waals surface area contributed by atoms with E-state index in [0.29, 0.717) is 11.9 Å². The fourth-order valence-electron chi connectivity index (χ4n) is 1.96. The van der Waals surface area contributed by atoms with Crippen LogP contribution in [-0.2, 0) is 6.54 Å². The molecule has 1 atom stereocenters. The lowest BCUT2D eigenvalue weighted by atomic mass is 10.2. The number of nitrogens with zero attached hydrogens (tertiary/aromatic N) is 2. The van der Waals surface area contributed by atoms with E-state index in [9.17, 15) is 0 Å². The van der Waals surface area contributed by atoms with Crippen LogP contribution in [0.15, 0.2) is 22.7 Å². The van der Waals surface area contributed by atoms with Gasteiger partial charge >= 0.3 is 0 Å². The zero-order valence-electron chi connectivity index (χ0n) is 9.98. The van der Waals surface area contributed by atoms with E-state index in [4.69, 9.17) is 5.73 Å². The molecule has 0 aliphatic carbocycles. The monoisotopic (exact) mass is 313 g/mol. The Kier molecular flexibility index (Phi) is 3.99. The van der Waals surface area contributed by atoms with Gasteiger partial charge in [0.2, 0.25) is 5.95 Å². The Morgan fingerprint density at radius 2 is 2.29 bits per heavy atom. The summed E-state index contributed by atoms with van der Waals surface area (Å²) in [4.78, 5) is 4.38. The number of nitrogens with two attached hydrogens (primary N) is 1. The summed E-state index contributed by atoms with van der Waals surface area (Å²) in [5, 5.41) is 0. The van der Waals surface area contributed by atoms with Crippen LogP contribution in [-0.4, -0.2) is 21.6 Å². The summed E-state index contributed by atoms with van der Waals surface area (Å²) >= 11 is 5.35. The molecule has 1 aromatic heterocycles. The van der Waals surface area contributed by atoms with Crippen molar-refractivity contribution in [3.05, 3.63) is 22.7 Å². The topological polar surface area (TPSA) is 43.8 Å². The molecule has 5 heteroatoms. The van der Waals surface area contributed by atoms with E-state index >= 15 is 0 Å². The molecule has 2 aromatic rings. The second-order valence-electron chi connectivity index (χ2n) is 4.27. The summed E-state index contributed by atoms with van der Waals surface area (Å²) in [5.41, 5.74) is 8.04. The number of anilines is 1. The zero-order valence-corrected chi connectivity index (χ0v) is 12.4. The van der Waals surface area contributed by atoms with Crippen LogP contribution in [0.5, 0.6) is 0 Å². The van der Waals surface area contributed by atoms with Crippen LogP contribution in [0.25, 0.3) is 11.0 Å². The minimum absolute atomic E-state index is 0.587. The maximum absolute atomic E-state index is 5.98. The van der Waals surface area contributed by atoms with Crippen molar-refractivity contribution in [1.82, 2.24) is 9.55 Å². The van der Waals surface area contributed by atoms with Crippen LogP contribution in [0.2, 0.25) is 0 Å². The maximum Gasteiger partial charge on any atom is 0.201 e. The molecule has 0 saturated carbocycles. The van der Waals surface area contributed by atoms with E-state index in [1.54, 1.807) is 0 Å². The van der Waals surface area contributed by atoms with Gasteiger partial charge in [0.1, 0.15) is 0 Å². The van der Waals surface area contributed by atoms with Crippen molar-refractivity contribution in [3.8, 4) is 0 Å². The number of fused-ring (bicyclic) bond motifs is 1. The summed E-state index contributed by atoms with van der Waals surface area (Å²) in [7, 11) is 0. The number of thioether (sulfide) groups is 1. The first kappa shape index (κ1) is 12.8. The van der Waals surface area contributed by atoms with Gasteiger partial charge in [-0.25, -0.2) is 4.98 Å². The first-order chi connectivity index (χ1) is 8.11. The van der Waals surface area contributed by atoms with E-state index in [-0.39, 0.29) is 0 Å². The highest BCUT2D eigenvalue weighted by Crippen LogP contribution is 2.23. The largest absolute Gasteiger partial charge is 0.369 e. The Labute approximate surface area is 114 Å². The van der Waals surface area contributed by atoms with Gasteiger partial charge in [-0.2, -0.15) is 11.8 Å². The Bertz CT molecular complexity index is 524. The van der Waals surface area contributed by atoms with Crippen molar-refractivity contribution in [2.24, 2.45) is 5.92 Å². The van der Waals surface area contributed by atoms with Gasteiger partial charge in [0.25, 0.3) is 0 Å². The smallest absolute Gasteiger partial charge is 0.201 e. The normalized spacial score (nSPS) is 13.1. The van der Waals surface area contributed by atoms with Crippen LogP contribution in [0.4, 0.5) is 5.95 Å². The minimum Gasteiger partial charge on any atom is -0.369 e. The van der Waals surface area contributed by atoms with Gasteiger partial charge in [-0.05, 0) is 36.1 Å². The molecule has 0 bridgehead atoms. The number of benzene rings is 1. The summed E-state index contributed by atoms with van der Waals surface area (Å²) in [5.74, 6) is 2.32. The molecule has 0 amide bonds. The van der Waals surface area contributed by atoms with Gasteiger partial charge in [-0.15, -0.1) is 0 Å². The summed E-state index contributed by atoms with van der Waals surface area (Å²) in [6, 6.07) is 6.06. The van der Waals surface area contributed by atoms with Crippen LogP contribution >= 0.6 is 27.7 Å². The van der Waals surface area contributed by atoms with E-state index < -0.39 is 0 Å². The van der Waals surface area contributed by atoms with Crippen molar-refractivity contribution < 1.29 is 0 Å². The maximum atomic E-state index is 5.98. The van der Waals surface area contributed by atoms with Gasteiger partial charge in [0.05, 0.1) is 11.0 Å². The second-order valence-corrected chi connectivity index (χ2v) is 6.10. The van der Waals surface area contributed by atoms with Gasteiger partial charge in [-0.3, -0.25) is 0 Å². The molecule has 1 heterocycles. The van der Waals surface area contributed by atoms with E-state index in [2.05, 4.69) is 44.7 Å². The molecule has 0 aliphatic rings.